The van der Waals surface area contributed by atoms with E-state index in [1.54, 1.807) is 0 Å². The molecule has 1 aliphatic rings. The SMILES string of the molecule is CC1(C)c2ccccc2-c2cc(-c3cc(-c4ccccc4)cc(-c4nc(-c5ccc(-c6ccccc6)cc5)nc(-c5ccc6c(c5)oc5cccc(-c7ccccc7)c56)n4)c3)ccc21. The normalized spacial score (nSPS) is 12.7. The van der Waals surface area contributed by atoms with Crippen LogP contribution >= 0.6 is 0 Å². The lowest BCUT2D eigenvalue weighted by Crippen LogP contribution is -2.14. The monoisotopic (exact) mass is 819 g/mol. The van der Waals surface area contributed by atoms with Crippen molar-refractivity contribution in [1.82, 2.24) is 15.0 Å². The van der Waals surface area contributed by atoms with Crippen LogP contribution in [0.3, 0.4) is 0 Å². The lowest BCUT2D eigenvalue weighted by atomic mass is 9.82. The van der Waals surface area contributed by atoms with Gasteiger partial charge in [0.1, 0.15) is 11.2 Å². The molecule has 0 atom stereocenters. The second-order valence-electron chi connectivity index (χ2n) is 17.2. The summed E-state index contributed by atoms with van der Waals surface area (Å²) in [6.45, 7) is 4.65. The van der Waals surface area contributed by atoms with Crippen LogP contribution in [-0.4, -0.2) is 15.0 Å². The second kappa shape index (κ2) is 15.0. The van der Waals surface area contributed by atoms with Gasteiger partial charge in [0.05, 0.1) is 0 Å². The number of rotatable bonds is 7. The maximum absolute atomic E-state index is 6.59. The van der Waals surface area contributed by atoms with Crippen molar-refractivity contribution in [2.45, 2.75) is 19.3 Å². The van der Waals surface area contributed by atoms with Crippen LogP contribution in [-0.2, 0) is 5.41 Å². The van der Waals surface area contributed by atoms with Gasteiger partial charge in [-0.3, -0.25) is 0 Å². The molecule has 2 aromatic heterocycles. The van der Waals surface area contributed by atoms with Crippen LogP contribution in [0.1, 0.15) is 25.0 Å². The molecule has 0 unspecified atom stereocenters. The van der Waals surface area contributed by atoms with Crippen LogP contribution in [0.15, 0.2) is 217 Å². The lowest BCUT2D eigenvalue weighted by Gasteiger charge is -2.21. The molecule has 0 saturated carbocycles. The summed E-state index contributed by atoms with van der Waals surface area (Å²) in [6, 6.07) is 75.0. The van der Waals surface area contributed by atoms with Gasteiger partial charge >= 0.3 is 0 Å². The molecule has 2 heterocycles. The minimum absolute atomic E-state index is 0.0753. The van der Waals surface area contributed by atoms with Gasteiger partial charge in [-0.25, -0.2) is 15.0 Å². The Bertz CT molecular complexity index is 3560. The van der Waals surface area contributed by atoms with Gasteiger partial charge in [-0.05, 0) is 109 Å². The fourth-order valence-electron chi connectivity index (χ4n) is 9.65. The third-order valence-electron chi connectivity index (χ3n) is 12.9. The number of hydrogen-bond donors (Lipinski definition) is 0. The smallest absolute Gasteiger partial charge is 0.164 e. The minimum Gasteiger partial charge on any atom is -0.456 e. The maximum atomic E-state index is 6.59. The number of fused-ring (bicyclic) bond motifs is 6. The molecule has 0 fully saturated rings. The summed E-state index contributed by atoms with van der Waals surface area (Å²) in [5.41, 5.74) is 18.5. The van der Waals surface area contributed by atoms with Crippen molar-refractivity contribution in [3.05, 3.63) is 223 Å². The van der Waals surface area contributed by atoms with Gasteiger partial charge in [0.15, 0.2) is 17.5 Å². The molecule has 0 aliphatic heterocycles. The number of nitrogens with zero attached hydrogens (tertiary/aromatic N) is 3. The van der Waals surface area contributed by atoms with E-state index in [1.807, 2.05) is 18.2 Å². The van der Waals surface area contributed by atoms with Crippen molar-refractivity contribution in [1.29, 1.82) is 0 Å². The van der Waals surface area contributed by atoms with E-state index in [0.29, 0.717) is 17.5 Å². The molecule has 0 bridgehead atoms. The van der Waals surface area contributed by atoms with E-state index in [-0.39, 0.29) is 5.41 Å². The molecule has 4 heteroatoms. The summed E-state index contributed by atoms with van der Waals surface area (Å²) in [6.07, 6.45) is 0. The quantitative estimate of drug-likeness (QED) is 0.161. The Hall–Kier alpha value is -8.21. The number of benzene rings is 9. The average Bonchev–Trinajstić information content (AvgIpc) is 3.85. The second-order valence-corrected chi connectivity index (χ2v) is 17.2. The third-order valence-corrected chi connectivity index (χ3v) is 12.9. The Morgan fingerprint density at radius 1 is 0.312 bits per heavy atom. The summed E-state index contributed by atoms with van der Waals surface area (Å²) < 4.78 is 6.59. The fourth-order valence-corrected chi connectivity index (χ4v) is 9.65. The predicted octanol–water partition coefficient (Wildman–Crippen LogP) is 15.7. The van der Waals surface area contributed by atoms with Crippen LogP contribution in [0.25, 0.3) is 112 Å². The molecule has 9 aromatic carbocycles. The maximum Gasteiger partial charge on any atom is 0.164 e. The molecule has 64 heavy (non-hydrogen) atoms. The van der Waals surface area contributed by atoms with E-state index in [4.69, 9.17) is 19.4 Å². The zero-order valence-corrected chi connectivity index (χ0v) is 35.5. The lowest BCUT2D eigenvalue weighted by molar-refractivity contribution is 0.660. The highest BCUT2D eigenvalue weighted by Gasteiger charge is 2.35. The Kier molecular flexibility index (Phi) is 8.80. The van der Waals surface area contributed by atoms with E-state index >= 15 is 0 Å². The molecule has 0 saturated heterocycles. The number of hydrogen-bond acceptors (Lipinski definition) is 4. The minimum atomic E-state index is -0.0753. The van der Waals surface area contributed by atoms with Gasteiger partial charge in [-0.1, -0.05) is 184 Å². The van der Waals surface area contributed by atoms with E-state index in [0.717, 1.165) is 83.1 Å². The summed E-state index contributed by atoms with van der Waals surface area (Å²) in [7, 11) is 0. The molecule has 4 nitrogen and oxygen atoms in total. The molecule has 0 spiro atoms. The highest BCUT2D eigenvalue weighted by atomic mass is 16.3. The van der Waals surface area contributed by atoms with Gasteiger partial charge in [-0.2, -0.15) is 0 Å². The third kappa shape index (κ3) is 6.42. The van der Waals surface area contributed by atoms with Gasteiger partial charge in [0, 0.05) is 32.9 Å². The molecular weight excluding hydrogens is 779 g/mol. The van der Waals surface area contributed by atoms with Crippen LogP contribution in [0.2, 0.25) is 0 Å². The van der Waals surface area contributed by atoms with Crippen LogP contribution in [0.5, 0.6) is 0 Å². The summed E-state index contributed by atoms with van der Waals surface area (Å²) in [4.78, 5) is 15.8. The molecule has 0 amide bonds. The summed E-state index contributed by atoms with van der Waals surface area (Å²) >= 11 is 0. The van der Waals surface area contributed by atoms with Crippen LogP contribution in [0.4, 0.5) is 0 Å². The average molecular weight is 820 g/mol. The predicted molar refractivity (Wildman–Crippen MR) is 263 cm³/mol. The van der Waals surface area contributed by atoms with E-state index in [9.17, 15) is 0 Å². The standard InChI is InChI=1S/C60H41N3O/c1-60(2)52-23-13-12-21-49(52)51-36-43(30-32-53(51)60)46-33-45(39-17-8-4-9-18-39)34-47(35-46)59-62-57(42-27-25-40(26-28-42)38-15-6-3-7-16-38)61-58(63-59)44-29-31-50-55(37-44)64-54-24-14-22-48(56(50)54)41-19-10-5-11-20-41/h3-37H,1-2H3. The van der Waals surface area contributed by atoms with E-state index < -0.39 is 0 Å². The molecule has 11 aromatic rings. The number of aromatic nitrogens is 3. The molecule has 0 N–H and O–H groups in total. The van der Waals surface area contributed by atoms with Crippen molar-refractivity contribution in [3.8, 4) is 89.8 Å². The van der Waals surface area contributed by atoms with Gasteiger partial charge < -0.3 is 4.42 Å². The van der Waals surface area contributed by atoms with Crippen molar-refractivity contribution >= 4 is 21.9 Å². The first-order chi connectivity index (χ1) is 31.4. The zero-order chi connectivity index (χ0) is 42.8. The van der Waals surface area contributed by atoms with Crippen molar-refractivity contribution in [2.75, 3.05) is 0 Å². The first-order valence-corrected chi connectivity index (χ1v) is 21.8. The summed E-state index contributed by atoms with van der Waals surface area (Å²) in [5.74, 6) is 1.76. The van der Waals surface area contributed by atoms with Gasteiger partial charge in [0.2, 0.25) is 0 Å². The highest BCUT2D eigenvalue weighted by Crippen LogP contribution is 2.50. The van der Waals surface area contributed by atoms with Crippen LogP contribution in [0, 0.1) is 0 Å². The first kappa shape index (κ1) is 37.5. The van der Waals surface area contributed by atoms with E-state index in [1.165, 1.54) is 22.3 Å². The fraction of sp³-hybridized carbons (Fsp3) is 0.0500. The Labute approximate surface area is 372 Å². The van der Waals surface area contributed by atoms with Gasteiger partial charge in [-0.15, -0.1) is 0 Å². The first-order valence-electron chi connectivity index (χ1n) is 21.8. The zero-order valence-electron chi connectivity index (χ0n) is 35.5. The van der Waals surface area contributed by atoms with Crippen LogP contribution < -0.4 is 0 Å². The molecular formula is C60H41N3O. The Morgan fingerprint density at radius 3 is 1.53 bits per heavy atom. The molecule has 302 valence electrons. The highest BCUT2D eigenvalue weighted by molar-refractivity contribution is 6.13. The van der Waals surface area contributed by atoms with Gasteiger partial charge in [0.25, 0.3) is 0 Å². The van der Waals surface area contributed by atoms with Crippen molar-refractivity contribution in [3.63, 3.8) is 0 Å². The number of furan rings is 1. The topological polar surface area (TPSA) is 51.8 Å². The largest absolute Gasteiger partial charge is 0.456 e. The Balaban J connectivity index is 1.04. The van der Waals surface area contributed by atoms with E-state index in [2.05, 4.69) is 208 Å². The molecule has 12 rings (SSSR count). The van der Waals surface area contributed by atoms with Crippen molar-refractivity contribution < 1.29 is 4.42 Å². The summed E-state index contributed by atoms with van der Waals surface area (Å²) in [5, 5.41) is 2.14. The van der Waals surface area contributed by atoms with Crippen molar-refractivity contribution in [2.24, 2.45) is 0 Å². The molecule has 1 aliphatic carbocycles. The molecule has 0 radical (unpaired) electrons. The Morgan fingerprint density at radius 2 is 0.812 bits per heavy atom.